The maximum atomic E-state index is 12.5. The van der Waals surface area contributed by atoms with Crippen molar-refractivity contribution in [1.29, 1.82) is 0 Å². The molecule has 2 aliphatic heterocycles. The van der Waals surface area contributed by atoms with Crippen molar-refractivity contribution in [2.45, 2.75) is 25.0 Å². The Morgan fingerprint density at radius 1 is 1.21 bits per heavy atom. The zero-order valence-corrected chi connectivity index (χ0v) is 16.5. The lowest BCUT2D eigenvalue weighted by Gasteiger charge is -2.39. The van der Waals surface area contributed by atoms with E-state index >= 15 is 0 Å². The van der Waals surface area contributed by atoms with Crippen molar-refractivity contribution in [2.24, 2.45) is 0 Å². The molecule has 0 amide bonds. The van der Waals surface area contributed by atoms with E-state index in [-0.39, 0.29) is 11.7 Å². The third-order valence-electron chi connectivity index (χ3n) is 5.91. The van der Waals surface area contributed by atoms with E-state index in [1.54, 1.807) is 11.7 Å². The van der Waals surface area contributed by atoms with Crippen molar-refractivity contribution in [3.05, 3.63) is 59.0 Å². The van der Waals surface area contributed by atoms with Crippen LogP contribution in [0.1, 0.15) is 6.42 Å². The SMILES string of the molecule is COc1cccc(N2CCNCC2CC2Cn3c(c4ccccc4nc3=O)N2)c1. The molecule has 0 bridgehead atoms. The first-order valence-electron chi connectivity index (χ1n) is 10.1. The van der Waals surface area contributed by atoms with Crippen LogP contribution in [0.3, 0.4) is 0 Å². The highest BCUT2D eigenvalue weighted by Crippen LogP contribution is 2.29. The second kappa shape index (κ2) is 7.40. The normalized spacial score (nSPS) is 21.1. The summed E-state index contributed by atoms with van der Waals surface area (Å²) < 4.78 is 7.19. The van der Waals surface area contributed by atoms with Gasteiger partial charge in [-0.2, -0.15) is 4.98 Å². The van der Waals surface area contributed by atoms with Crippen LogP contribution < -0.4 is 26.0 Å². The molecular weight excluding hydrogens is 366 g/mol. The van der Waals surface area contributed by atoms with Gasteiger partial charge in [-0.1, -0.05) is 18.2 Å². The van der Waals surface area contributed by atoms with Crippen molar-refractivity contribution in [3.63, 3.8) is 0 Å². The molecule has 0 radical (unpaired) electrons. The lowest BCUT2D eigenvalue weighted by Crippen LogP contribution is -2.53. The molecule has 29 heavy (non-hydrogen) atoms. The molecule has 150 valence electrons. The number of hydrogen-bond acceptors (Lipinski definition) is 6. The minimum Gasteiger partial charge on any atom is -0.497 e. The van der Waals surface area contributed by atoms with E-state index in [1.807, 2.05) is 36.4 Å². The van der Waals surface area contributed by atoms with Crippen LogP contribution in [0, 0.1) is 0 Å². The molecular formula is C22H25N5O2. The number of benzene rings is 2. The van der Waals surface area contributed by atoms with Gasteiger partial charge in [-0.25, -0.2) is 4.79 Å². The van der Waals surface area contributed by atoms with Gasteiger partial charge in [0, 0.05) is 55.4 Å². The van der Waals surface area contributed by atoms with Crippen LogP contribution in [0.2, 0.25) is 0 Å². The Balaban J connectivity index is 1.39. The fraction of sp³-hybridized carbons (Fsp3) is 0.364. The Bertz CT molecular complexity index is 1100. The van der Waals surface area contributed by atoms with Gasteiger partial charge in [-0.05, 0) is 30.7 Å². The average Bonchev–Trinajstić information content (AvgIpc) is 3.19. The molecule has 1 aromatic heterocycles. The smallest absolute Gasteiger partial charge is 0.349 e. The first-order chi connectivity index (χ1) is 14.2. The van der Waals surface area contributed by atoms with Crippen molar-refractivity contribution < 1.29 is 4.74 Å². The molecule has 2 aliphatic rings. The van der Waals surface area contributed by atoms with Crippen molar-refractivity contribution >= 4 is 22.4 Å². The van der Waals surface area contributed by atoms with Gasteiger partial charge in [0.1, 0.15) is 11.6 Å². The molecule has 0 saturated carbocycles. The average molecular weight is 391 g/mol. The Morgan fingerprint density at radius 2 is 2.10 bits per heavy atom. The number of nitrogens with zero attached hydrogens (tertiary/aromatic N) is 3. The van der Waals surface area contributed by atoms with Gasteiger partial charge in [0.2, 0.25) is 0 Å². The fourth-order valence-corrected chi connectivity index (χ4v) is 4.52. The Morgan fingerprint density at radius 3 is 3.00 bits per heavy atom. The van der Waals surface area contributed by atoms with Gasteiger partial charge >= 0.3 is 5.69 Å². The Hall–Kier alpha value is -3.06. The number of anilines is 2. The lowest BCUT2D eigenvalue weighted by atomic mass is 10.0. The van der Waals surface area contributed by atoms with E-state index in [4.69, 9.17) is 4.74 Å². The van der Waals surface area contributed by atoms with Crippen molar-refractivity contribution in [3.8, 4) is 5.75 Å². The minimum absolute atomic E-state index is 0.180. The predicted molar refractivity (Wildman–Crippen MR) is 115 cm³/mol. The molecule has 0 spiro atoms. The number of hydrogen-bond donors (Lipinski definition) is 2. The van der Waals surface area contributed by atoms with Crippen LogP contribution in [-0.2, 0) is 6.54 Å². The van der Waals surface area contributed by atoms with E-state index in [1.165, 1.54) is 5.69 Å². The van der Waals surface area contributed by atoms with Gasteiger partial charge in [-0.15, -0.1) is 0 Å². The van der Waals surface area contributed by atoms with Crippen LogP contribution in [0.25, 0.3) is 10.9 Å². The highest BCUT2D eigenvalue weighted by molar-refractivity contribution is 5.89. The minimum atomic E-state index is -0.180. The molecule has 2 atom stereocenters. The molecule has 3 aromatic rings. The molecule has 1 fully saturated rings. The molecule has 5 rings (SSSR count). The van der Waals surface area contributed by atoms with E-state index in [0.29, 0.717) is 12.6 Å². The number of rotatable bonds is 4. The third-order valence-corrected chi connectivity index (χ3v) is 5.91. The summed E-state index contributed by atoms with van der Waals surface area (Å²) in [5, 5.41) is 8.12. The number of para-hydroxylation sites is 1. The van der Waals surface area contributed by atoms with E-state index in [9.17, 15) is 4.79 Å². The number of methoxy groups -OCH3 is 1. The first-order valence-corrected chi connectivity index (χ1v) is 10.1. The largest absolute Gasteiger partial charge is 0.497 e. The second-order valence-electron chi connectivity index (χ2n) is 7.70. The van der Waals surface area contributed by atoms with E-state index < -0.39 is 0 Å². The molecule has 7 nitrogen and oxygen atoms in total. The second-order valence-corrected chi connectivity index (χ2v) is 7.70. The van der Waals surface area contributed by atoms with Crippen molar-refractivity contribution in [1.82, 2.24) is 14.9 Å². The van der Waals surface area contributed by atoms with Crippen LogP contribution in [-0.4, -0.2) is 48.4 Å². The van der Waals surface area contributed by atoms with Crippen LogP contribution in [0.4, 0.5) is 11.5 Å². The summed E-state index contributed by atoms with van der Waals surface area (Å²) >= 11 is 0. The summed E-state index contributed by atoms with van der Waals surface area (Å²) in [6.45, 7) is 3.47. The summed E-state index contributed by atoms with van der Waals surface area (Å²) in [6, 6.07) is 16.6. The first kappa shape index (κ1) is 18.0. The summed E-state index contributed by atoms with van der Waals surface area (Å²) in [7, 11) is 1.70. The molecule has 1 saturated heterocycles. The Labute approximate surface area is 169 Å². The third kappa shape index (κ3) is 3.31. The number of piperazine rings is 1. The highest BCUT2D eigenvalue weighted by Gasteiger charge is 2.30. The highest BCUT2D eigenvalue weighted by atomic mass is 16.5. The number of aromatic nitrogens is 2. The van der Waals surface area contributed by atoms with Crippen LogP contribution >= 0.6 is 0 Å². The summed E-state index contributed by atoms with van der Waals surface area (Å²) in [5.41, 5.74) is 1.74. The molecule has 2 N–H and O–H groups in total. The molecule has 0 aliphatic carbocycles. The molecule has 2 unspecified atom stereocenters. The maximum absolute atomic E-state index is 12.5. The standard InChI is InChI=1S/C22H25N5O2/c1-29-18-6-4-5-16(12-18)26-10-9-23-13-17(26)11-15-14-27-21(24-15)19-7-2-3-8-20(19)25-22(27)28/h2-8,12,15,17,23-24H,9-11,13-14H2,1H3. The predicted octanol–water partition coefficient (Wildman–Crippen LogP) is 2.07. The molecule has 3 heterocycles. The van der Waals surface area contributed by atoms with Crippen LogP contribution in [0.5, 0.6) is 5.75 Å². The van der Waals surface area contributed by atoms with Crippen molar-refractivity contribution in [2.75, 3.05) is 37.0 Å². The van der Waals surface area contributed by atoms with E-state index in [2.05, 4.69) is 32.7 Å². The van der Waals surface area contributed by atoms with Gasteiger partial charge in [-0.3, -0.25) is 4.57 Å². The quantitative estimate of drug-likeness (QED) is 0.710. The van der Waals surface area contributed by atoms with E-state index in [0.717, 1.165) is 48.5 Å². The van der Waals surface area contributed by atoms with Crippen LogP contribution in [0.15, 0.2) is 53.3 Å². The number of ether oxygens (including phenoxy) is 1. The Kier molecular flexibility index (Phi) is 4.60. The summed E-state index contributed by atoms with van der Waals surface area (Å²) in [5.74, 6) is 1.76. The molecule has 7 heteroatoms. The fourth-order valence-electron chi connectivity index (χ4n) is 4.52. The topological polar surface area (TPSA) is 71.4 Å². The number of nitrogens with one attached hydrogen (secondary N) is 2. The van der Waals surface area contributed by atoms with Gasteiger partial charge in [0.25, 0.3) is 0 Å². The lowest BCUT2D eigenvalue weighted by molar-refractivity contribution is 0.410. The van der Waals surface area contributed by atoms with Gasteiger partial charge in [0.05, 0.1) is 12.6 Å². The van der Waals surface area contributed by atoms with Gasteiger partial charge < -0.3 is 20.3 Å². The molecule has 2 aromatic carbocycles. The zero-order chi connectivity index (χ0) is 19.8. The summed E-state index contributed by atoms with van der Waals surface area (Å²) in [4.78, 5) is 19.2. The summed E-state index contributed by atoms with van der Waals surface area (Å²) in [6.07, 6.45) is 0.930. The van der Waals surface area contributed by atoms with Gasteiger partial charge in [0.15, 0.2) is 0 Å². The monoisotopic (exact) mass is 391 g/mol. The zero-order valence-electron chi connectivity index (χ0n) is 16.5. The maximum Gasteiger partial charge on any atom is 0.349 e. The number of fused-ring (bicyclic) bond motifs is 3.